The van der Waals surface area contributed by atoms with Gasteiger partial charge in [0.1, 0.15) is 15.5 Å². The van der Waals surface area contributed by atoms with Gasteiger partial charge >= 0.3 is 5.69 Å². The van der Waals surface area contributed by atoms with Gasteiger partial charge in [-0.3, -0.25) is 23.4 Å². The van der Waals surface area contributed by atoms with Gasteiger partial charge in [0.2, 0.25) is 0 Å². The van der Waals surface area contributed by atoms with E-state index in [0.29, 0.717) is 0 Å². The van der Waals surface area contributed by atoms with Gasteiger partial charge in [0.05, 0.1) is 38.5 Å². The van der Waals surface area contributed by atoms with Gasteiger partial charge in [0.15, 0.2) is 5.75 Å². The van der Waals surface area contributed by atoms with E-state index >= 15 is 0 Å². The molecule has 19 nitrogen and oxygen atoms in total. The average molecular weight is 742 g/mol. The fraction of sp³-hybridized carbons (Fsp3) is 0. The highest BCUT2D eigenvalue weighted by atomic mass is 32.2. The number of nitrogens with one attached hydrogen (secondary N) is 2. The molecule has 0 fully saturated rings. The van der Waals surface area contributed by atoms with Gasteiger partial charge in [-0.05, 0) is 66.0 Å². The van der Waals surface area contributed by atoms with Crippen molar-refractivity contribution < 1.29 is 44.0 Å². The Morgan fingerprint density at radius 2 is 1.24 bits per heavy atom. The third-order valence-corrected chi connectivity index (χ3v) is 9.86. The molecule has 0 amide bonds. The minimum absolute atomic E-state index is 0.0245. The van der Waals surface area contributed by atoms with Crippen molar-refractivity contribution in [2.75, 3.05) is 5.73 Å². The molecule has 22 heteroatoms. The Morgan fingerprint density at radius 3 is 1.90 bits per heavy atom. The summed E-state index contributed by atoms with van der Waals surface area (Å²) >= 11 is 0. The van der Waals surface area contributed by atoms with Crippen LogP contribution >= 0.6 is 0 Å². The Bertz CT molecular complexity index is 2980. The number of aromatic amines is 2. The highest BCUT2D eigenvalue weighted by molar-refractivity contribution is 7.86. The summed E-state index contributed by atoms with van der Waals surface area (Å²) in [6, 6.07) is 12.6. The van der Waals surface area contributed by atoms with Gasteiger partial charge in [-0.25, -0.2) is 4.79 Å². The molecule has 0 aliphatic carbocycles. The summed E-state index contributed by atoms with van der Waals surface area (Å²) in [5.74, 6) is -0.917. The van der Waals surface area contributed by atoms with Crippen LogP contribution in [0.3, 0.4) is 0 Å². The summed E-state index contributed by atoms with van der Waals surface area (Å²) in [6.45, 7) is 0. The molecule has 0 saturated carbocycles. The molecular formula is C28H19N7O12S3. The van der Waals surface area contributed by atoms with Crippen LogP contribution < -0.4 is 17.0 Å². The zero-order chi connectivity index (χ0) is 36.3. The number of fused-ring (bicyclic) bond motifs is 3. The lowest BCUT2D eigenvalue weighted by molar-refractivity contribution is 0.472. The number of rotatable bonds is 7. The largest absolute Gasteiger partial charge is 0.505 e. The van der Waals surface area contributed by atoms with Crippen molar-refractivity contribution >= 4 is 91.2 Å². The van der Waals surface area contributed by atoms with Crippen LogP contribution in [0.2, 0.25) is 0 Å². The molecule has 1 aromatic heterocycles. The Labute approximate surface area is 278 Å². The summed E-state index contributed by atoms with van der Waals surface area (Å²) in [6.07, 6.45) is 0. The molecule has 50 heavy (non-hydrogen) atoms. The Hall–Kier alpha value is -5.91. The molecule has 0 radical (unpaired) electrons. The second-order valence-corrected chi connectivity index (χ2v) is 14.7. The molecule has 6 rings (SSSR count). The summed E-state index contributed by atoms with van der Waals surface area (Å²) in [7, 11) is -14.8. The van der Waals surface area contributed by atoms with E-state index in [-0.39, 0.29) is 49.5 Å². The normalized spacial score (nSPS) is 12.9. The standard InChI is InChI=1S/C28H19N7O12S3/c29-19-11-16-12(7-23(19)49(42,43)44)8-24(50(45,46)47)25(26(16)36)35-34-22-6-5-21(15-3-2-14(10-17(15)22)48(39,40)41)33-32-13-1-4-20-18(9-13)27(37)31-28(38)30-20/h1-11,36H,29H2,(H,39,40,41)(H,42,43,44)(H,45,46,47)(H2,30,31,37,38). The molecule has 0 aliphatic heterocycles. The Balaban J connectivity index is 1.51. The second kappa shape index (κ2) is 11.9. The monoisotopic (exact) mass is 741 g/mol. The van der Waals surface area contributed by atoms with Crippen molar-refractivity contribution in [3.8, 4) is 5.75 Å². The number of nitrogens with two attached hydrogens (primary N) is 1. The number of aromatic nitrogens is 2. The van der Waals surface area contributed by atoms with Gasteiger partial charge in [-0.1, -0.05) is 6.07 Å². The summed E-state index contributed by atoms with van der Waals surface area (Å²) < 4.78 is 101. The molecule has 0 saturated heterocycles. The number of hydrogen-bond acceptors (Lipinski definition) is 14. The molecule has 1 heterocycles. The Morgan fingerprint density at radius 1 is 0.600 bits per heavy atom. The molecule has 0 spiro atoms. The van der Waals surface area contributed by atoms with Crippen LogP contribution in [-0.4, -0.2) is 54.0 Å². The molecule has 0 atom stereocenters. The summed E-state index contributed by atoms with van der Waals surface area (Å²) in [5, 5.41) is 26.8. The average Bonchev–Trinajstić information content (AvgIpc) is 3.02. The summed E-state index contributed by atoms with van der Waals surface area (Å²) in [4.78, 5) is 25.9. The first kappa shape index (κ1) is 34.0. The van der Waals surface area contributed by atoms with Crippen LogP contribution in [-0.2, 0) is 30.4 Å². The predicted molar refractivity (Wildman–Crippen MR) is 177 cm³/mol. The van der Waals surface area contributed by atoms with E-state index in [1.807, 2.05) is 0 Å². The van der Waals surface area contributed by atoms with E-state index in [0.717, 1.165) is 30.3 Å². The number of azo groups is 2. The van der Waals surface area contributed by atoms with E-state index < -0.39 is 73.4 Å². The maximum absolute atomic E-state index is 12.3. The first-order valence-electron chi connectivity index (χ1n) is 13.5. The molecule has 256 valence electrons. The van der Waals surface area contributed by atoms with Crippen molar-refractivity contribution in [2.24, 2.45) is 20.5 Å². The van der Waals surface area contributed by atoms with E-state index in [1.165, 1.54) is 36.4 Å². The van der Waals surface area contributed by atoms with Crippen LogP contribution in [0.4, 0.5) is 28.4 Å². The minimum atomic E-state index is -5.17. The molecule has 0 unspecified atom stereocenters. The number of phenols is 1. The quantitative estimate of drug-likeness (QED) is 0.0679. The fourth-order valence-corrected chi connectivity index (χ4v) is 6.77. The van der Waals surface area contributed by atoms with Crippen LogP contribution in [0.1, 0.15) is 0 Å². The van der Waals surface area contributed by atoms with Crippen LogP contribution in [0.25, 0.3) is 32.4 Å². The predicted octanol–water partition coefficient (Wildman–Crippen LogP) is 4.38. The number of benzene rings is 5. The molecular weight excluding hydrogens is 723 g/mol. The lowest BCUT2D eigenvalue weighted by Crippen LogP contribution is -2.21. The van der Waals surface area contributed by atoms with Crippen LogP contribution in [0.15, 0.2) is 111 Å². The molecule has 5 aromatic carbocycles. The number of H-pyrrole nitrogens is 2. The number of hydrogen-bond donors (Lipinski definition) is 7. The first-order chi connectivity index (χ1) is 23.3. The van der Waals surface area contributed by atoms with Crippen LogP contribution in [0, 0.1) is 0 Å². The maximum Gasteiger partial charge on any atom is 0.326 e. The Kier molecular flexibility index (Phi) is 8.09. The van der Waals surface area contributed by atoms with Crippen molar-refractivity contribution in [3.05, 3.63) is 87.6 Å². The number of nitrogen functional groups attached to an aromatic ring is 1. The molecule has 0 bridgehead atoms. The molecule has 8 N–H and O–H groups in total. The maximum atomic E-state index is 12.3. The van der Waals surface area contributed by atoms with Gasteiger partial charge in [0.25, 0.3) is 35.9 Å². The zero-order valence-corrected chi connectivity index (χ0v) is 26.9. The molecule has 6 aromatic rings. The smallest absolute Gasteiger partial charge is 0.326 e. The topological polar surface area (TPSA) is 325 Å². The fourth-order valence-electron chi connectivity index (χ4n) is 4.97. The number of anilines is 1. The van der Waals surface area contributed by atoms with Gasteiger partial charge < -0.3 is 15.8 Å². The zero-order valence-electron chi connectivity index (χ0n) is 24.5. The number of nitrogens with zero attached hydrogens (tertiary/aromatic N) is 4. The third kappa shape index (κ3) is 6.43. The lowest BCUT2D eigenvalue weighted by Gasteiger charge is -2.11. The van der Waals surface area contributed by atoms with E-state index in [9.17, 15) is 53.6 Å². The van der Waals surface area contributed by atoms with Gasteiger partial charge in [0, 0.05) is 16.2 Å². The van der Waals surface area contributed by atoms with Gasteiger partial charge in [-0.15, -0.1) is 15.3 Å². The highest BCUT2D eigenvalue weighted by Gasteiger charge is 2.25. The SMILES string of the molecule is Nc1cc2c(O)c(N=Nc3ccc(N=Nc4ccc5[nH]c(=O)[nH]c(=O)c5c4)c4ccc(S(=O)(=O)O)cc34)c(S(=O)(=O)O)cc2cc1S(=O)(=O)O. The van der Waals surface area contributed by atoms with E-state index in [2.05, 4.69) is 30.4 Å². The molecule has 0 aliphatic rings. The lowest BCUT2D eigenvalue weighted by atomic mass is 10.1. The second-order valence-electron chi connectivity index (χ2n) is 10.5. The first-order valence-corrected chi connectivity index (χ1v) is 17.8. The highest BCUT2D eigenvalue weighted by Crippen LogP contribution is 2.44. The van der Waals surface area contributed by atoms with Crippen LogP contribution in [0.5, 0.6) is 5.75 Å². The van der Waals surface area contributed by atoms with Gasteiger partial charge in [-0.2, -0.15) is 30.4 Å². The van der Waals surface area contributed by atoms with Crippen molar-refractivity contribution in [1.29, 1.82) is 0 Å². The third-order valence-electron chi connectivity index (χ3n) is 7.23. The summed E-state index contributed by atoms with van der Waals surface area (Å²) in [5.41, 5.74) is 3.41. The number of phenolic OH excluding ortho intramolecular Hbond substituents is 1. The van der Waals surface area contributed by atoms with Crippen molar-refractivity contribution in [1.82, 2.24) is 9.97 Å². The minimum Gasteiger partial charge on any atom is -0.505 e. The van der Waals surface area contributed by atoms with E-state index in [4.69, 9.17) is 5.73 Å². The number of aromatic hydroxyl groups is 1. The van der Waals surface area contributed by atoms with E-state index in [1.54, 1.807) is 0 Å². The van der Waals surface area contributed by atoms with Crippen molar-refractivity contribution in [2.45, 2.75) is 14.7 Å². The van der Waals surface area contributed by atoms with Crippen molar-refractivity contribution in [3.63, 3.8) is 0 Å².